The summed E-state index contributed by atoms with van der Waals surface area (Å²) in [4.78, 5) is 13.5. The Kier molecular flexibility index (Phi) is 6.47. The topological polar surface area (TPSA) is 67.6 Å². The first-order valence-electron chi connectivity index (χ1n) is 6.38. The van der Waals surface area contributed by atoms with Crippen LogP contribution in [0.5, 0.6) is 0 Å². The van der Waals surface area contributed by atoms with Crippen molar-refractivity contribution in [2.45, 2.75) is 37.8 Å². The third kappa shape index (κ3) is 4.61. The van der Waals surface area contributed by atoms with Crippen molar-refractivity contribution in [1.29, 1.82) is 0 Å². The minimum atomic E-state index is 0.112. The second-order valence-corrected chi connectivity index (χ2v) is 4.58. The fourth-order valence-corrected chi connectivity index (χ4v) is 2.38. The zero-order valence-corrected chi connectivity index (χ0v) is 10.9. The largest absolute Gasteiger partial charge is 0.381 e. The first-order valence-corrected chi connectivity index (χ1v) is 6.38. The van der Waals surface area contributed by atoms with Crippen molar-refractivity contribution >= 4 is 5.91 Å². The molecule has 1 aliphatic rings. The van der Waals surface area contributed by atoms with E-state index in [2.05, 4.69) is 10.2 Å². The molecule has 0 bridgehead atoms. The maximum atomic E-state index is 11.1. The SMILES string of the molecule is CNC(=O)CCCN1CCC(OC)CC1CN. The number of ether oxygens (including phenoxy) is 1. The van der Waals surface area contributed by atoms with Crippen LogP contribution in [0.2, 0.25) is 0 Å². The lowest BCUT2D eigenvalue weighted by atomic mass is 9.99. The van der Waals surface area contributed by atoms with Crippen molar-refractivity contribution in [3.8, 4) is 0 Å². The van der Waals surface area contributed by atoms with E-state index in [-0.39, 0.29) is 5.91 Å². The lowest BCUT2D eigenvalue weighted by molar-refractivity contribution is -0.120. The molecule has 1 fully saturated rings. The van der Waals surface area contributed by atoms with Crippen LogP contribution in [0.15, 0.2) is 0 Å². The van der Waals surface area contributed by atoms with Crippen molar-refractivity contribution in [3.63, 3.8) is 0 Å². The van der Waals surface area contributed by atoms with E-state index >= 15 is 0 Å². The Morgan fingerprint density at radius 2 is 2.35 bits per heavy atom. The number of piperidine rings is 1. The normalized spacial score (nSPS) is 25.8. The third-order valence-electron chi connectivity index (χ3n) is 3.52. The Balaban J connectivity index is 2.29. The maximum absolute atomic E-state index is 11.1. The third-order valence-corrected chi connectivity index (χ3v) is 3.52. The quantitative estimate of drug-likeness (QED) is 0.686. The van der Waals surface area contributed by atoms with Gasteiger partial charge in [-0.25, -0.2) is 0 Å². The number of likely N-dealkylation sites (tertiary alicyclic amines) is 1. The van der Waals surface area contributed by atoms with Gasteiger partial charge in [-0.2, -0.15) is 0 Å². The highest BCUT2D eigenvalue weighted by atomic mass is 16.5. The smallest absolute Gasteiger partial charge is 0.219 e. The molecule has 0 saturated carbocycles. The summed E-state index contributed by atoms with van der Waals surface area (Å²) >= 11 is 0. The summed E-state index contributed by atoms with van der Waals surface area (Å²) in [5.74, 6) is 0.112. The monoisotopic (exact) mass is 243 g/mol. The molecule has 0 aromatic heterocycles. The number of methoxy groups -OCH3 is 1. The van der Waals surface area contributed by atoms with Crippen LogP contribution in [0.3, 0.4) is 0 Å². The summed E-state index contributed by atoms with van der Waals surface area (Å²) in [6.07, 6.45) is 3.91. The summed E-state index contributed by atoms with van der Waals surface area (Å²) < 4.78 is 5.39. The molecule has 2 unspecified atom stereocenters. The van der Waals surface area contributed by atoms with Crippen LogP contribution in [0.25, 0.3) is 0 Å². The summed E-state index contributed by atoms with van der Waals surface area (Å²) in [5, 5.41) is 2.64. The van der Waals surface area contributed by atoms with E-state index < -0.39 is 0 Å². The molecule has 0 aromatic carbocycles. The predicted octanol–water partition coefficient (Wildman–Crippen LogP) is -0.0493. The van der Waals surface area contributed by atoms with Gasteiger partial charge in [-0.05, 0) is 25.8 Å². The van der Waals surface area contributed by atoms with Crippen LogP contribution in [0.1, 0.15) is 25.7 Å². The molecule has 17 heavy (non-hydrogen) atoms. The van der Waals surface area contributed by atoms with Gasteiger partial charge in [0.15, 0.2) is 0 Å². The summed E-state index contributed by atoms with van der Waals surface area (Å²) in [7, 11) is 3.44. The lowest BCUT2D eigenvalue weighted by Crippen LogP contribution is -2.48. The Bertz CT molecular complexity index is 236. The molecule has 1 amide bonds. The van der Waals surface area contributed by atoms with E-state index in [9.17, 15) is 4.79 Å². The molecule has 1 heterocycles. The number of carbonyl (C=O) groups is 1. The van der Waals surface area contributed by atoms with Crippen LogP contribution >= 0.6 is 0 Å². The van der Waals surface area contributed by atoms with Crippen molar-refractivity contribution in [2.75, 3.05) is 33.8 Å². The molecular formula is C12H25N3O2. The minimum absolute atomic E-state index is 0.112. The van der Waals surface area contributed by atoms with Gasteiger partial charge in [0.05, 0.1) is 6.10 Å². The van der Waals surface area contributed by atoms with Crippen LogP contribution in [0.4, 0.5) is 0 Å². The molecule has 100 valence electrons. The summed E-state index contributed by atoms with van der Waals surface area (Å²) in [6, 6.07) is 0.401. The summed E-state index contributed by atoms with van der Waals surface area (Å²) in [6.45, 7) is 2.64. The highest BCUT2D eigenvalue weighted by Crippen LogP contribution is 2.19. The number of carbonyl (C=O) groups excluding carboxylic acids is 1. The average Bonchev–Trinajstić information content (AvgIpc) is 2.38. The first kappa shape index (κ1) is 14.4. The van der Waals surface area contributed by atoms with Crippen molar-refractivity contribution in [2.24, 2.45) is 5.73 Å². The first-order chi connectivity index (χ1) is 8.21. The highest BCUT2D eigenvalue weighted by molar-refractivity contribution is 5.75. The molecule has 0 radical (unpaired) electrons. The average molecular weight is 243 g/mol. The van der Waals surface area contributed by atoms with Gasteiger partial charge < -0.3 is 15.8 Å². The van der Waals surface area contributed by atoms with Gasteiger partial charge in [0.25, 0.3) is 0 Å². The molecule has 0 spiro atoms. The number of nitrogens with one attached hydrogen (secondary N) is 1. The summed E-state index contributed by atoms with van der Waals surface area (Å²) in [5.41, 5.74) is 5.79. The number of amides is 1. The van der Waals surface area contributed by atoms with Gasteiger partial charge in [0, 0.05) is 39.7 Å². The van der Waals surface area contributed by atoms with E-state index in [0.717, 1.165) is 32.4 Å². The molecule has 5 nitrogen and oxygen atoms in total. The van der Waals surface area contributed by atoms with Crippen LogP contribution in [0, 0.1) is 0 Å². The Hall–Kier alpha value is -0.650. The van der Waals surface area contributed by atoms with Gasteiger partial charge in [-0.1, -0.05) is 0 Å². The van der Waals surface area contributed by atoms with Crippen molar-refractivity contribution in [3.05, 3.63) is 0 Å². The maximum Gasteiger partial charge on any atom is 0.219 e. The Morgan fingerprint density at radius 1 is 1.59 bits per heavy atom. The van der Waals surface area contributed by atoms with Gasteiger partial charge >= 0.3 is 0 Å². The molecule has 2 atom stereocenters. The standard InChI is InChI=1S/C12H25N3O2/c1-14-12(16)4-3-6-15-7-5-11(17-2)8-10(15)9-13/h10-11H,3-9,13H2,1-2H3,(H,14,16). The van der Waals surface area contributed by atoms with Gasteiger partial charge in [-0.3, -0.25) is 9.69 Å². The number of rotatable bonds is 6. The molecule has 0 aliphatic carbocycles. The molecule has 1 saturated heterocycles. The molecular weight excluding hydrogens is 218 g/mol. The van der Waals surface area contributed by atoms with Crippen LogP contribution < -0.4 is 11.1 Å². The van der Waals surface area contributed by atoms with Gasteiger partial charge in [0.2, 0.25) is 5.91 Å². The molecule has 0 aromatic rings. The molecule has 1 aliphatic heterocycles. The van der Waals surface area contributed by atoms with Crippen molar-refractivity contribution in [1.82, 2.24) is 10.2 Å². The van der Waals surface area contributed by atoms with Crippen LogP contribution in [-0.4, -0.2) is 56.7 Å². The van der Waals surface area contributed by atoms with Gasteiger partial charge in [0.1, 0.15) is 0 Å². The fourth-order valence-electron chi connectivity index (χ4n) is 2.38. The Labute approximate surface area is 104 Å². The Morgan fingerprint density at radius 3 is 2.94 bits per heavy atom. The molecule has 1 rings (SSSR count). The lowest BCUT2D eigenvalue weighted by Gasteiger charge is -2.38. The van der Waals surface area contributed by atoms with E-state index in [1.807, 2.05) is 0 Å². The number of hydrogen-bond donors (Lipinski definition) is 2. The predicted molar refractivity (Wildman–Crippen MR) is 67.7 cm³/mol. The molecule has 5 heteroatoms. The minimum Gasteiger partial charge on any atom is -0.381 e. The fraction of sp³-hybridized carbons (Fsp3) is 0.917. The highest BCUT2D eigenvalue weighted by Gasteiger charge is 2.26. The van der Waals surface area contributed by atoms with E-state index in [0.29, 0.717) is 25.1 Å². The second-order valence-electron chi connectivity index (χ2n) is 4.58. The number of hydrogen-bond acceptors (Lipinski definition) is 4. The van der Waals surface area contributed by atoms with E-state index in [1.54, 1.807) is 14.2 Å². The second kappa shape index (κ2) is 7.63. The van der Waals surface area contributed by atoms with E-state index in [4.69, 9.17) is 10.5 Å². The van der Waals surface area contributed by atoms with Crippen LogP contribution in [-0.2, 0) is 9.53 Å². The number of nitrogens with two attached hydrogens (primary N) is 1. The zero-order chi connectivity index (χ0) is 12.7. The number of nitrogens with zero attached hydrogens (tertiary/aromatic N) is 1. The van der Waals surface area contributed by atoms with Crippen molar-refractivity contribution < 1.29 is 9.53 Å². The van der Waals surface area contributed by atoms with E-state index in [1.165, 1.54) is 0 Å². The van der Waals surface area contributed by atoms with Gasteiger partial charge in [-0.15, -0.1) is 0 Å². The molecule has 3 N–H and O–H groups in total. The zero-order valence-electron chi connectivity index (χ0n) is 10.9.